The van der Waals surface area contributed by atoms with Crippen LogP contribution in [0, 0.1) is 17.5 Å². The van der Waals surface area contributed by atoms with Gasteiger partial charge in [0, 0.05) is 24.3 Å². The van der Waals surface area contributed by atoms with Gasteiger partial charge in [-0.2, -0.15) is 0 Å². The average Bonchev–Trinajstić information content (AvgIpc) is 2.15. The van der Waals surface area contributed by atoms with Crippen molar-refractivity contribution in [3.8, 4) is 0 Å². The van der Waals surface area contributed by atoms with Crippen LogP contribution >= 0.6 is 0 Å². The van der Waals surface area contributed by atoms with Crippen LogP contribution < -0.4 is 0 Å². The van der Waals surface area contributed by atoms with Crippen molar-refractivity contribution in [1.29, 1.82) is 0 Å². The lowest BCUT2D eigenvalue weighted by Crippen LogP contribution is -2.30. The van der Waals surface area contributed by atoms with E-state index in [1.54, 1.807) is 0 Å². The van der Waals surface area contributed by atoms with Gasteiger partial charge >= 0.3 is 0 Å². The molecule has 0 atom stereocenters. The van der Waals surface area contributed by atoms with Gasteiger partial charge in [0.05, 0.1) is 0 Å². The van der Waals surface area contributed by atoms with Crippen LogP contribution in [0.4, 0.5) is 13.2 Å². The highest BCUT2D eigenvalue weighted by molar-refractivity contribution is 6.71. The quantitative estimate of drug-likeness (QED) is 0.732. The molecule has 0 unspecified atom stereocenters. The van der Waals surface area contributed by atoms with Crippen molar-refractivity contribution in [3.63, 3.8) is 0 Å². The third-order valence-electron chi connectivity index (χ3n) is 2.62. The summed E-state index contributed by atoms with van der Waals surface area (Å²) >= 11 is 0. The van der Waals surface area contributed by atoms with Gasteiger partial charge in [-0.05, 0) is 32.5 Å². The summed E-state index contributed by atoms with van der Waals surface area (Å²) < 4.78 is 45.0. The minimum atomic E-state index is -1.87. The lowest BCUT2D eigenvalue weighted by molar-refractivity contribution is 0.328. The molecule has 0 radical (unpaired) electrons. The molecule has 1 aromatic rings. The van der Waals surface area contributed by atoms with Gasteiger partial charge < -0.3 is 4.43 Å². The monoisotopic (exact) mass is 262 g/mol. The Bertz CT molecular complexity index is 370. The molecule has 1 nitrogen and oxygen atoms in total. The van der Waals surface area contributed by atoms with Gasteiger partial charge in [-0.3, -0.25) is 0 Å². The predicted molar refractivity (Wildman–Crippen MR) is 63.9 cm³/mol. The van der Waals surface area contributed by atoms with Crippen LogP contribution in [0.5, 0.6) is 0 Å². The van der Waals surface area contributed by atoms with Crippen LogP contribution in [-0.4, -0.2) is 14.9 Å². The molecule has 5 heteroatoms. The Morgan fingerprint density at radius 3 is 2.12 bits per heavy atom. The fourth-order valence-electron chi connectivity index (χ4n) is 1.70. The third-order valence-corrected chi connectivity index (χ3v) is 5.14. The SMILES string of the molecule is CCO[Si](C)(C)CCc1c(F)cc(F)cc1F. The molecule has 0 amide bonds. The molecule has 0 bridgehead atoms. The second kappa shape index (κ2) is 5.69. The molecule has 0 N–H and O–H groups in total. The van der Waals surface area contributed by atoms with Gasteiger partial charge in [-0.25, -0.2) is 13.2 Å². The van der Waals surface area contributed by atoms with E-state index in [4.69, 9.17) is 4.43 Å². The highest BCUT2D eigenvalue weighted by atomic mass is 28.4. The molecule has 1 aromatic carbocycles. The first-order valence-corrected chi connectivity index (χ1v) is 8.74. The molecular weight excluding hydrogens is 245 g/mol. The molecule has 96 valence electrons. The first kappa shape index (κ1) is 14.2. The predicted octanol–water partition coefficient (Wildman–Crippen LogP) is 3.89. The summed E-state index contributed by atoms with van der Waals surface area (Å²) in [4.78, 5) is 0. The van der Waals surface area contributed by atoms with Gasteiger partial charge in [0.1, 0.15) is 17.5 Å². The zero-order valence-electron chi connectivity index (χ0n) is 10.3. The first-order valence-electron chi connectivity index (χ1n) is 5.63. The van der Waals surface area contributed by atoms with Crippen LogP contribution in [0.25, 0.3) is 0 Å². The number of benzene rings is 1. The zero-order valence-corrected chi connectivity index (χ0v) is 11.3. The summed E-state index contributed by atoms with van der Waals surface area (Å²) in [7, 11) is -1.87. The highest BCUT2D eigenvalue weighted by Gasteiger charge is 2.23. The van der Waals surface area contributed by atoms with E-state index < -0.39 is 25.8 Å². The lowest BCUT2D eigenvalue weighted by atomic mass is 10.1. The molecule has 0 aliphatic heterocycles. The van der Waals surface area contributed by atoms with E-state index in [0.717, 1.165) is 0 Å². The maximum absolute atomic E-state index is 13.4. The Labute approximate surface area is 101 Å². The maximum Gasteiger partial charge on any atom is 0.187 e. The maximum atomic E-state index is 13.4. The molecule has 1 rings (SSSR count). The summed E-state index contributed by atoms with van der Waals surface area (Å²) in [6.07, 6.45) is 0.247. The minimum absolute atomic E-state index is 0.0494. The summed E-state index contributed by atoms with van der Waals surface area (Å²) in [5.41, 5.74) is -0.0494. The summed E-state index contributed by atoms with van der Waals surface area (Å²) in [6.45, 7) is 6.49. The molecular formula is C12H17F3OSi. The van der Waals surface area contributed by atoms with Crippen molar-refractivity contribution < 1.29 is 17.6 Å². The molecule has 0 aliphatic carbocycles. The van der Waals surface area contributed by atoms with Crippen molar-refractivity contribution in [3.05, 3.63) is 35.1 Å². The number of hydrogen-bond donors (Lipinski definition) is 0. The second-order valence-corrected chi connectivity index (χ2v) is 8.85. The fraction of sp³-hybridized carbons (Fsp3) is 0.500. The molecule has 0 fully saturated rings. The fourth-order valence-corrected chi connectivity index (χ4v) is 3.48. The van der Waals surface area contributed by atoms with Crippen molar-refractivity contribution in [2.75, 3.05) is 6.61 Å². The Morgan fingerprint density at radius 1 is 1.12 bits per heavy atom. The normalized spacial score (nSPS) is 11.9. The van der Waals surface area contributed by atoms with Gasteiger partial charge in [-0.1, -0.05) is 0 Å². The lowest BCUT2D eigenvalue weighted by Gasteiger charge is -2.21. The summed E-state index contributed by atoms with van der Waals surface area (Å²) in [5, 5.41) is 0. The van der Waals surface area contributed by atoms with Crippen LogP contribution in [0.1, 0.15) is 12.5 Å². The van der Waals surface area contributed by atoms with Gasteiger partial charge in [-0.15, -0.1) is 0 Å². The Balaban J connectivity index is 2.76. The molecule has 0 aromatic heterocycles. The topological polar surface area (TPSA) is 9.23 Å². The largest absolute Gasteiger partial charge is 0.418 e. The number of hydrogen-bond acceptors (Lipinski definition) is 1. The van der Waals surface area contributed by atoms with Crippen LogP contribution in [-0.2, 0) is 10.8 Å². The van der Waals surface area contributed by atoms with E-state index in [1.807, 2.05) is 20.0 Å². The van der Waals surface area contributed by atoms with E-state index in [0.29, 0.717) is 24.8 Å². The molecule has 0 saturated carbocycles. The standard InChI is InChI=1S/C12H17F3OSi/c1-4-16-17(2,3)6-5-10-11(14)7-9(13)8-12(10)15/h7-8H,4-6H2,1-3H3. The summed E-state index contributed by atoms with van der Waals surface area (Å²) in [6, 6.07) is 2.04. The Morgan fingerprint density at radius 2 is 1.65 bits per heavy atom. The molecule has 0 heterocycles. The van der Waals surface area contributed by atoms with Crippen LogP contribution in [0.3, 0.4) is 0 Å². The highest BCUT2D eigenvalue weighted by Crippen LogP contribution is 2.20. The van der Waals surface area contributed by atoms with Crippen molar-refractivity contribution >= 4 is 8.32 Å². The van der Waals surface area contributed by atoms with Gasteiger partial charge in [0.2, 0.25) is 0 Å². The van der Waals surface area contributed by atoms with Crippen molar-refractivity contribution in [2.45, 2.75) is 32.5 Å². The van der Waals surface area contributed by atoms with Gasteiger partial charge in [0.25, 0.3) is 0 Å². The Kier molecular flexibility index (Phi) is 4.77. The third kappa shape index (κ3) is 4.16. The molecule has 0 aliphatic rings. The number of rotatable bonds is 5. The van der Waals surface area contributed by atoms with Crippen LogP contribution in [0.2, 0.25) is 19.1 Å². The van der Waals surface area contributed by atoms with Gasteiger partial charge in [0.15, 0.2) is 8.32 Å². The molecule has 17 heavy (non-hydrogen) atoms. The smallest absolute Gasteiger partial charge is 0.187 e. The summed E-state index contributed by atoms with van der Waals surface area (Å²) in [5.74, 6) is -2.52. The second-order valence-electron chi connectivity index (χ2n) is 4.54. The van der Waals surface area contributed by atoms with E-state index in [2.05, 4.69) is 0 Å². The van der Waals surface area contributed by atoms with E-state index >= 15 is 0 Å². The van der Waals surface area contributed by atoms with E-state index in [-0.39, 0.29) is 12.0 Å². The Hall–Kier alpha value is -0.813. The molecule has 0 spiro atoms. The average molecular weight is 262 g/mol. The van der Waals surface area contributed by atoms with Crippen LogP contribution in [0.15, 0.2) is 12.1 Å². The van der Waals surface area contributed by atoms with Crippen molar-refractivity contribution in [1.82, 2.24) is 0 Å². The zero-order chi connectivity index (χ0) is 13.1. The van der Waals surface area contributed by atoms with E-state index in [9.17, 15) is 13.2 Å². The number of halogens is 3. The molecule has 0 saturated heterocycles. The van der Waals surface area contributed by atoms with E-state index in [1.165, 1.54) is 0 Å². The van der Waals surface area contributed by atoms with Crippen molar-refractivity contribution in [2.24, 2.45) is 0 Å². The minimum Gasteiger partial charge on any atom is -0.418 e. The first-order chi connectivity index (χ1) is 7.85.